The molecule has 54 heavy (non-hydrogen) atoms. The SMILES string of the molecule is C=CCCC(=O)OC[C@H](NC(=O)[C@@H]1[C@H]2O[C@@]3(CC2Br)[C@H](C(=O)N(CC=C)C(C)(C)CC(C)(C)C)N([C@@H](CO)Cc2ccccc2)C(=O)[C@@H]13)c1ccccc1. The third-order valence-electron chi connectivity index (χ3n) is 10.9. The van der Waals surface area contributed by atoms with E-state index in [1.807, 2.05) is 74.5 Å². The highest BCUT2D eigenvalue weighted by Gasteiger charge is 2.77. The number of amides is 3. The molecule has 2 N–H and O–H groups in total. The van der Waals surface area contributed by atoms with E-state index in [0.29, 0.717) is 25.7 Å². The molecule has 3 amide bonds. The van der Waals surface area contributed by atoms with Gasteiger partial charge in [-0.1, -0.05) is 110 Å². The largest absolute Gasteiger partial charge is 0.463 e. The Morgan fingerprint density at radius 3 is 2.31 bits per heavy atom. The Balaban J connectivity index is 1.56. The minimum absolute atomic E-state index is 0.109. The number of allylic oxidation sites excluding steroid dienone is 1. The third-order valence-corrected chi connectivity index (χ3v) is 11.8. The van der Waals surface area contributed by atoms with Gasteiger partial charge in [0.05, 0.1) is 36.6 Å². The van der Waals surface area contributed by atoms with Crippen LogP contribution in [-0.4, -0.2) is 92.5 Å². The molecule has 1 unspecified atom stereocenters. The number of carbonyl (C=O) groups is 4. The Hall–Kier alpha value is -3.80. The first-order valence-electron chi connectivity index (χ1n) is 18.9. The van der Waals surface area contributed by atoms with Crippen LogP contribution in [0.25, 0.3) is 0 Å². The molecule has 10 nitrogen and oxygen atoms in total. The van der Waals surface area contributed by atoms with Crippen LogP contribution in [0.15, 0.2) is 86.0 Å². The molecule has 0 radical (unpaired) electrons. The summed E-state index contributed by atoms with van der Waals surface area (Å²) in [5, 5.41) is 14.1. The summed E-state index contributed by atoms with van der Waals surface area (Å²) in [6, 6.07) is 16.2. The molecule has 1 spiro atoms. The van der Waals surface area contributed by atoms with Crippen LogP contribution in [0.4, 0.5) is 0 Å². The van der Waals surface area contributed by atoms with Gasteiger partial charge in [0.2, 0.25) is 17.7 Å². The van der Waals surface area contributed by atoms with Gasteiger partial charge >= 0.3 is 5.97 Å². The van der Waals surface area contributed by atoms with Crippen molar-refractivity contribution < 1.29 is 33.8 Å². The van der Waals surface area contributed by atoms with Crippen LogP contribution in [0.5, 0.6) is 0 Å². The smallest absolute Gasteiger partial charge is 0.306 e. The number of esters is 1. The van der Waals surface area contributed by atoms with Crippen molar-refractivity contribution in [1.82, 2.24) is 15.1 Å². The van der Waals surface area contributed by atoms with Gasteiger partial charge in [-0.2, -0.15) is 0 Å². The summed E-state index contributed by atoms with van der Waals surface area (Å²) < 4.78 is 12.5. The van der Waals surface area contributed by atoms with Crippen LogP contribution in [0, 0.1) is 17.3 Å². The van der Waals surface area contributed by atoms with Crippen molar-refractivity contribution in [1.29, 1.82) is 0 Å². The number of rotatable bonds is 17. The predicted octanol–water partition coefficient (Wildman–Crippen LogP) is 5.93. The van der Waals surface area contributed by atoms with Gasteiger partial charge in [0.1, 0.15) is 18.2 Å². The second kappa shape index (κ2) is 16.9. The van der Waals surface area contributed by atoms with Gasteiger partial charge in [0, 0.05) is 23.3 Å². The van der Waals surface area contributed by atoms with Gasteiger partial charge in [-0.3, -0.25) is 19.2 Å². The molecule has 3 aliphatic heterocycles. The van der Waals surface area contributed by atoms with E-state index in [1.165, 1.54) is 4.90 Å². The Morgan fingerprint density at radius 1 is 1.07 bits per heavy atom. The first-order chi connectivity index (χ1) is 25.6. The van der Waals surface area contributed by atoms with Crippen LogP contribution in [0.3, 0.4) is 0 Å². The minimum atomic E-state index is -1.35. The molecule has 0 aromatic heterocycles. The highest BCUT2D eigenvalue weighted by Crippen LogP contribution is 2.61. The lowest BCUT2D eigenvalue weighted by atomic mass is 9.70. The summed E-state index contributed by atoms with van der Waals surface area (Å²) in [6.45, 7) is 17.8. The van der Waals surface area contributed by atoms with Crippen LogP contribution in [0.1, 0.15) is 77.5 Å². The second-order valence-corrected chi connectivity index (χ2v) is 17.9. The van der Waals surface area contributed by atoms with E-state index in [0.717, 1.165) is 11.1 Å². The van der Waals surface area contributed by atoms with Gasteiger partial charge in [-0.15, -0.1) is 13.2 Å². The van der Waals surface area contributed by atoms with E-state index < -0.39 is 71.6 Å². The van der Waals surface area contributed by atoms with Crippen molar-refractivity contribution in [3.05, 3.63) is 97.1 Å². The first kappa shape index (κ1) is 41.4. The molecule has 3 saturated heterocycles. The Kier molecular flexibility index (Phi) is 13.0. The number of hydrogen-bond donors (Lipinski definition) is 2. The van der Waals surface area contributed by atoms with E-state index >= 15 is 9.59 Å². The lowest BCUT2D eigenvalue weighted by Gasteiger charge is -2.46. The fourth-order valence-electron chi connectivity index (χ4n) is 9.13. The normalized spacial score (nSPS) is 25.8. The monoisotopic (exact) mass is 805 g/mol. The average Bonchev–Trinajstić information content (AvgIpc) is 3.72. The number of nitrogens with one attached hydrogen (secondary N) is 1. The number of aliphatic hydroxyl groups is 1. The molecule has 8 atom stereocenters. The van der Waals surface area contributed by atoms with Gasteiger partial charge in [0.15, 0.2) is 0 Å². The molecule has 2 aromatic carbocycles. The molecule has 3 aliphatic rings. The summed E-state index contributed by atoms with van der Waals surface area (Å²) in [6.07, 6.45) is 4.54. The molecule has 2 aromatic rings. The zero-order valence-electron chi connectivity index (χ0n) is 32.2. The summed E-state index contributed by atoms with van der Waals surface area (Å²) in [5.74, 6) is -3.52. The molecule has 2 bridgehead atoms. The zero-order valence-corrected chi connectivity index (χ0v) is 33.8. The summed E-state index contributed by atoms with van der Waals surface area (Å²) in [4.78, 5) is 60.6. The highest BCUT2D eigenvalue weighted by atomic mass is 79.9. The number of halogens is 1. The fraction of sp³-hybridized carbons (Fsp3) is 0.535. The summed E-state index contributed by atoms with van der Waals surface area (Å²) >= 11 is 3.79. The van der Waals surface area contributed by atoms with Crippen molar-refractivity contribution in [2.75, 3.05) is 19.8 Å². The molecule has 5 rings (SSSR count). The number of likely N-dealkylation sites (tertiary alicyclic amines) is 1. The number of ether oxygens (including phenoxy) is 2. The van der Waals surface area contributed by atoms with Crippen molar-refractivity contribution in [2.45, 2.75) is 107 Å². The molecule has 292 valence electrons. The number of aliphatic hydroxyl groups excluding tert-OH is 1. The van der Waals surface area contributed by atoms with Gasteiger partial charge in [-0.05, 0) is 56.1 Å². The minimum Gasteiger partial charge on any atom is -0.463 e. The predicted molar refractivity (Wildman–Crippen MR) is 211 cm³/mol. The molecule has 3 heterocycles. The second-order valence-electron chi connectivity index (χ2n) is 16.7. The average molecular weight is 807 g/mol. The first-order valence-corrected chi connectivity index (χ1v) is 19.8. The van der Waals surface area contributed by atoms with E-state index in [9.17, 15) is 14.7 Å². The molecule has 0 saturated carbocycles. The summed E-state index contributed by atoms with van der Waals surface area (Å²) in [5.41, 5.74) is -0.497. The van der Waals surface area contributed by atoms with Crippen molar-refractivity contribution in [2.24, 2.45) is 17.3 Å². The zero-order chi connectivity index (χ0) is 39.4. The van der Waals surface area contributed by atoms with Crippen LogP contribution in [-0.2, 0) is 35.1 Å². The maximum Gasteiger partial charge on any atom is 0.306 e. The molecular weight excluding hydrogens is 750 g/mol. The number of benzene rings is 2. The van der Waals surface area contributed by atoms with Crippen LogP contribution < -0.4 is 5.32 Å². The quantitative estimate of drug-likeness (QED) is 0.115. The van der Waals surface area contributed by atoms with E-state index in [1.54, 1.807) is 17.1 Å². The number of fused-ring (bicyclic) bond motifs is 1. The molecule has 11 heteroatoms. The van der Waals surface area contributed by atoms with E-state index in [-0.39, 0.29) is 35.7 Å². The standard InChI is InChI=1S/C43H56BrN3O7/c1-8-10-21-33(49)53-26-32(29-19-15-12-16-20-29)45-38(50)34-35-39(51)47(30(25-48)23-28-17-13-11-14-18-28)37(43(35)24-31(44)36(34)54-43)40(52)46(22-9-2)42(6,7)27-41(3,4)5/h8-9,11-20,30-32,34-37,48H,1-2,10,21-27H2,3-7H3,(H,45,50)/t30-,31?,32+,34+,35-,36+,37+,43-/m1/s1. The Bertz CT molecular complexity index is 1680. The topological polar surface area (TPSA) is 125 Å². The van der Waals surface area contributed by atoms with Gasteiger partial charge < -0.3 is 29.7 Å². The molecular formula is C43H56BrN3O7. The summed E-state index contributed by atoms with van der Waals surface area (Å²) in [7, 11) is 0. The van der Waals surface area contributed by atoms with Crippen molar-refractivity contribution in [3.63, 3.8) is 0 Å². The van der Waals surface area contributed by atoms with Crippen LogP contribution in [0.2, 0.25) is 0 Å². The van der Waals surface area contributed by atoms with Gasteiger partial charge in [0.25, 0.3) is 0 Å². The maximum absolute atomic E-state index is 15.3. The highest BCUT2D eigenvalue weighted by molar-refractivity contribution is 9.09. The number of alkyl halides is 1. The van der Waals surface area contributed by atoms with Crippen LogP contribution >= 0.6 is 15.9 Å². The number of carbonyl (C=O) groups excluding carboxylic acids is 4. The van der Waals surface area contributed by atoms with Crippen molar-refractivity contribution >= 4 is 39.6 Å². The Labute approximate surface area is 328 Å². The lowest BCUT2D eigenvalue weighted by molar-refractivity contribution is -0.155. The van der Waals surface area contributed by atoms with Gasteiger partial charge in [-0.25, -0.2) is 0 Å². The fourth-order valence-corrected chi connectivity index (χ4v) is 10.1. The number of hydrogen-bond acceptors (Lipinski definition) is 7. The third kappa shape index (κ3) is 8.53. The Morgan fingerprint density at radius 2 is 1.72 bits per heavy atom. The molecule has 0 aliphatic carbocycles. The maximum atomic E-state index is 15.3. The molecule has 3 fully saturated rings. The van der Waals surface area contributed by atoms with Crippen molar-refractivity contribution in [3.8, 4) is 0 Å². The van der Waals surface area contributed by atoms with E-state index in [4.69, 9.17) is 9.47 Å². The van der Waals surface area contributed by atoms with E-state index in [2.05, 4.69) is 55.2 Å². The lowest BCUT2D eigenvalue weighted by Crippen LogP contribution is -2.63. The number of nitrogens with zero attached hydrogens (tertiary/aromatic N) is 2.